The minimum atomic E-state index is 0.329. The molecule has 1 aromatic carbocycles. The topological polar surface area (TPSA) is 101 Å². The largest absolute Gasteiger partial charge is 0.383 e. The lowest BCUT2D eigenvalue weighted by Gasteiger charge is -2.00. The molecule has 0 fully saturated rings. The van der Waals surface area contributed by atoms with Gasteiger partial charge in [-0.2, -0.15) is 0 Å². The predicted octanol–water partition coefficient (Wildman–Crippen LogP) is 2.54. The quantitative estimate of drug-likeness (QED) is 0.494. The number of benzene rings is 1. The van der Waals surface area contributed by atoms with Crippen molar-refractivity contribution in [2.45, 2.75) is 0 Å². The van der Waals surface area contributed by atoms with Crippen LogP contribution in [0.4, 0.5) is 5.82 Å². The third kappa shape index (κ3) is 2.50. The van der Waals surface area contributed by atoms with Crippen molar-refractivity contribution in [1.82, 2.24) is 9.97 Å². The zero-order chi connectivity index (χ0) is 12.1. The van der Waals surface area contributed by atoms with Crippen LogP contribution < -0.4 is 5.73 Å². The van der Waals surface area contributed by atoms with Gasteiger partial charge in [-0.15, -0.1) is 0 Å². The molecule has 6 nitrogen and oxygen atoms in total. The summed E-state index contributed by atoms with van der Waals surface area (Å²) >= 11 is 0. The Morgan fingerprint density at radius 2 is 2.29 bits per heavy atom. The van der Waals surface area contributed by atoms with Gasteiger partial charge in [0.25, 0.3) is 0 Å². The van der Waals surface area contributed by atoms with Crippen LogP contribution in [0.1, 0.15) is 5.56 Å². The molecule has 0 aliphatic carbocycles. The maximum Gasteiger partial charge on any atom is 0.134 e. The average molecular weight is 226 g/mol. The van der Waals surface area contributed by atoms with Crippen molar-refractivity contribution in [1.29, 1.82) is 0 Å². The van der Waals surface area contributed by atoms with E-state index in [1.807, 2.05) is 24.3 Å². The van der Waals surface area contributed by atoms with E-state index in [0.717, 1.165) is 16.5 Å². The number of aromatic nitrogens is 2. The smallest absolute Gasteiger partial charge is 0.134 e. The Labute approximate surface area is 97.4 Å². The van der Waals surface area contributed by atoms with Crippen LogP contribution in [-0.2, 0) is 0 Å². The fourth-order valence-electron chi connectivity index (χ4n) is 1.47. The Balaban J connectivity index is 2.34. The van der Waals surface area contributed by atoms with Gasteiger partial charge in [-0.25, -0.2) is 9.97 Å². The second-order valence-electron chi connectivity index (χ2n) is 3.35. The maximum atomic E-state index is 8.13. The molecule has 0 saturated heterocycles. The maximum absolute atomic E-state index is 8.13. The minimum absolute atomic E-state index is 0.329. The predicted molar refractivity (Wildman–Crippen MR) is 67.0 cm³/mol. The average Bonchev–Trinajstić information content (AvgIpc) is 2.36. The van der Waals surface area contributed by atoms with E-state index >= 15 is 0 Å². The minimum Gasteiger partial charge on any atom is -0.383 e. The number of nitrogens with zero attached hydrogens (tertiary/aromatic N) is 5. The van der Waals surface area contributed by atoms with E-state index < -0.39 is 0 Å². The summed E-state index contributed by atoms with van der Waals surface area (Å²) in [6, 6.07) is 5.69. The molecule has 0 aliphatic rings. The van der Waals surface area contributed by atoms with Gasteiger partial charge in [-0.05, 0) is 23.2 Å². The van der Waals surface area contributed by atoms with Gasteiger partial charge in [-0.1, -0.05) is 23.3 Å². The Bertz CT molecular complexity index is 612. The highest BCUT2D eigenvalue weighted by molar-refractivity contribution is 5.89. The highest BCUT2D eigenvalue weighted by atomic mass is 15.1. The summed E-state index contributed by atoms with van der Waals surface area (Å²) in [7, 11) is 0. The molecule has 0 spiro atoms. The number of hydrogen-bond donors (Lipinski definition) is 1. The zero-order valence-corrected chi connectivity index (χ0v) is 8.98. The van der Waals surface area contributed by atoms with Gasteiger partial charge in [0.2, 0.25) is 0 Å². The third-order valence-corrected chi connectivity index (χ3v) is 2.25. The van der Waals surface area contributed by atoms with Crippen LogP contribution in [0.5, 0.6) is 0 Å². The molecule has 1 heterocycles. The van der Waals surface area contributed by atoms with Gasteiger partial charge in [0.15, 0.2) is 0 Å². The number of anilines is 1. The van der Waals surface area contributed by atoms with E-state index in [1.165, 1.54) is 6.33 Å². The van der Waals surface area contributed by atoms with Crippen LogP contribution in [0.3, 0.4) is 0 Å². The first-order chi connectivity index (χ1) is 8.31. The van der Waals surface area contributed by atoms with Crippen LogP contribution in [0, 0.1) is 0 Å². The zero-order valence-electron chi connectivity index (χ0n) is 8.98. The molecule has 0 amide bonds. The van der Waals surface area contributed by atoms with Gasteiger partial charge < -0.3 is 5.73 Å². The molecule has 2 aromatic rings. The molecular formula is C11H10N6. The molecule has 0 bridgehead atoms. The molecule has 2 rings (SSSR count). The summed E-state index contributed by atoms with van der Waals surface area (Å²) in [6.07, 6.45) is 5.08. The molecule has 0 atom stereocenters. The monoisotopic (exact) mass is 226 g/mol. The van der Waals surface area contributed by atoms with Crippen LogP contribution in [0.15, 0.2) is 35.7 Å². The number of rotatable bonds is 3. The number of nitrogen functional groups attached to an aromatic ring is 1. The standard InChI is InChI=1S/C11H10N6/c12-11-9-6-8(2-1-5-16-17-13)3-4-10(9)14-7-15-11/h1-4,6-7H,5H2,(H2,12,14,15). The Morgan fingerprint density at radius 1 is 1.41 bits per heavy atom. The van der Waals surface area contributed by atoms with Crippen molar-refractivity contribution in [3.63, 3.8) is 0 Å². The first-order valence-electron chi connectivity index (χ1n) is 4.99. The molecule has 0 unspecified atom stereocenters. The fourth-order valence-corrected chi connectivity index (χ4v) is 1.47. The highest BCUT2D eigenvalue weighted by Crippen LogP contribution is 2.18. The number of hydrogen-bond acceptors (Lipinski definition) is 4. The van der Waals surface area contributed by atoms with Gasteiger partial charge in [0.1, 0.15) is 12.1 Å². The van der Waals surface area contributed by atoms with Crippen molar-refractivity contribution in [2.75, 3.05) is 12.3 Å². The van der Waals surface area contributed by atoms with E-state index in [4.69, 9.17) is 11.3 Å². The molecular weight excluding hydrogens is 216 g/mol. The fraction of sp³-hybridized carbons (Fsp3) is 0.0909. The van der Waals surface area contributed by atoms with Crippen LogP contribution in [-0.4, -0.2) is 16.5 Å². The van der Waals surface area contributed by atoms with Crippen molar-refractivity contribution in [3.8, 4) is 0 Å². The summed E-state index contributed by atoms with van der Waals surface area (Å²) in [6.45, 7) is 0.329. The second-order valence-corrected chi connectivity index (χ2v) is 3.35. The van der Waals surface area contributed by atoms with E-state index in [9.17, 15) is 0 Å². The number of azide groups is 1. The summed E-state index contributed by atoms with van der Waals surface area (Å²) in [5, 5.41) is 4.23. The summed E-state index contributed by atoms with van der Waals surface area (Å²) in [5.41, 5.74) is 15.7. The second kappa shape index (κ2) is 4.96. The van der Waals surface area contributed by atoms with E-state index in [2.05, 4.69) is 20.0 Å². The van der Waals surface area contributed by atoms with Gasteiger partial charge in [0, 0.05) is 16.8 Å². The van der Waals surface area contributed by atoms with Crippen LogP contribution in [0.2, 0.25) is 0 Å². The SMILES string of the molecule is [N-]=[N+]=NCC=Cc1ccc2ncnc(N)c2c1. The molecule has 0 saturated carbocycles. The van der Waals surface area contributed by atoms with Crippen molar-refractivity contribution < 1.29 is 0 Å². The van der Waals surface area contributed by atoms with Crippen LogP contribution in [0.25, 0.3) is 27.4 Å². The van der Waals surface area contributed by atoms with Crippen molar-refractivity contribution in [3.05, 3.63) is 46.6 Å². The summed E-state index contributed by atoms with van der Waals surface area (Å²) in [4.78, 5) is 10.7. The van der Waals surface area contributed by atoms with E-state index in [0.29, 0.717) is 12.4 Å². The third-order valence-electron chi connectivity index (χ3n) is 2.25. The molecule has 84 valence electrons. The Morgan fingerprint density at radius 3 is 3.12 bits per heavy atom. The first-order valence-corrected chi connectivity index (χ1v) is 4.99. The molecule has 0 radical (unpaired) electrons. The van der Waals surface area contributed by atoms with E-state index in [-0.39, 0.29) is 0 Å². The van der Waals surface area contributed by atoms with Gasteiger partial charge >= 0.3 is 0 Å². The highest BCUT2D eigenvalue weighted by Gasteiger charge is 1.99. The van der Waals surface area contributed by atoms with Crippen molar-refractivity contribution >= 4 is 22.8 Å². The number of fused-ring (bicyclic) bond motifs is 1. The molecule has 6 heteroatoms. The molecule has 17 heavy (non-hydrogen) atoms. The lowest BCUT2D eigenvalue weighted by Crippen LogP contribution is -1.93. The first kappa shape index (κ1) is 10.9. The molecule has 2 N–H and O–H groups in total. The van der Waals surface area contributed by atoms with E-state index in [1.54, 1.807) is 6.08 Å². The lowest BCUT2D eigenvalue weighted by atomic mass is 10.1. The number of nitrogens with two attached hydrogens (primary N) is 1. The molecule has 0 aliphatic heterocycles. The Hall–Kier alpha value is -2.59. The summed E-state index contributed by atoms with van der Waals surface area (Å²) < 4.78 is 0. The lowest BCUT2D eigenvalue weighted by molar-refractivity contribution is 1.22. The van der Waals surface area contributed by atoms with Gasteiger partial charge in [-0.3, -0.25) is 0 Å². The Kier molecular flexibility index (Phi) is 3.18. The van der Waals surface area contributed by atoms with Gasteiger partial charge in [0.05, 0.1) is 5.52 Å². The van der Waals surface area contributed by atoms with Crippen LogP contribution >= 0.6 is 0 Å². The molecule has 1 aromatic heterocycles. The normalized spacial score (nSPS) is 10.6. The summed E-state index contributed by atoms with van der Waals surface area (Å²) in [5.74, 6) is 0.459. The van der Waals surface area contributed by atoms with Crippen molar-refractivity contribution in [2.24, 2.45) is 5.11 Å².